The maximum atomic E-state index is 12.4. The topological polar surface area (TPSA) is 64.7 Å². The molecule has 1 aliphatic rings. The normalized spacial score (nSPS) is 14.0. The number of anilines is 2. The molecular weight excluding hydrogens is 340 g/mol. The summed E-state index contributed by atoms with van der Waals surface area (Å²) in [5, 5.41) is 5.44. The molecule has 0 spiro atoms. The third kappa shape index (κ3) is 5.23. The highest BCUT2D eigenvalue weighted by molar-refractivity contribution is 5.92. The van der Waals surface area contributed by atoms with Crippen LogP contribution in [0, 0.1) is 13.8 Å². The predicted octanol–water partition coefficient (Wildman–Crippen LogP) is 2.77. The number of piperazine rings is 1. The van der Waals surface area contributed by atoms with Gasteiger partial charge in [-0.3, -0.25) is 4.79 Å². The van der Waals surface area contributed by atoms with Gasteiger partial charge in [0.1, 0.15) is 0 Å². The molecular formula is C21H26N4O2. The second-order valence-corrected chi connectivity index (χ2v) is 6.89. The van der Waals surface area contributed by atoms with Gasteiger partial charge in [0, 0.05) is 37.6 Å². The zero-order valence-electron chi connectivity index (χ0n) is 15.9. The van der Waals surface area contributed by atoms with E-state index in [0.29, 0.717) is 13.1 Å². The van der Waals surface area contributed by atoms with Crippen LogP contribution in [0.2, 0.25) is 0 Å². The molecule has 0 saturated carbocycles. The fourth-order valence-electron chi connectivity index (χ4n) is 3.34. The summed E-state index contributed by atoms with van der Waals surface area (Å²) in [5.74, 6) is -0.0571. The molecule has 0 aliphatic carbocycles. The largest absolute Gasteiger partial charge is 0.368 e. The first-order valence-corrected chi connectivity index (χ1v) is 9.22. The van der Waals surface area contributed by atoms with E-state index in [1.54, 1.807) is 4.90 Å². The molecule has 0 aromatic heterocycles. The fourth-order valence-corrected chi connectivity index (χ4v) is 3.34. The molecule has 2 aromatic rings. The number of hydrogen-bond acceptors (Lipinski definition) is 3. The number of nitrogens with one attached hydrogen (secondary N) is 2. The molecule has 0 radical (unpaired) electrons. The molecule has 6 nitrogen and oxygen atoms in total. The quantitative estimate of drug-likeness (QED) is 0.875. The number of amides is 3. The monoisotopic (exact) mass is 366 g/mol. The summed E-state index contributed by atoms with van der Waals surface area (Å²) in [4.78, 5) is 28.5. The Morgan fingerprint density at radius 3 is 2.19 bits per heavy atom. The lowest BCUT2D eigenvalue weighted by Crippen LogP contribution is -2.51. The van der Waals surface area contributed by atoms with Crippen LogP contribution in [0.4, 0.5) is 16.2 Å². The molecule has 0 unspecified atom stereocenters. The predicted molar refractivity (Wildman–Crippen MR) is 108 cm³/mol. The molecule has 1 fully saturated rings. The van der Waals surface area contributed by atoms with Gasteiger partial charge in [-0.25, -0.2) is 4.79 Å². The van der Waals surface area contributed by atoms with Crippen LogP contribution in [-0.2, 0) is 4.79 Å². The lowest BCUT2D eigenvalue weighted by Gasteiger charge is -2.36. The highest BCUT2D eigenvalue weighted by atomic mass is 16.2. The summed E-state index contributed by atoms with van der Waals surface area (Å²) >= 11 is 0. The smallest absolute Gasteiger partial charge is 0.319 e. The van der Waals surface area contributed by atoms with E-state index >= 15 is 0 Å². The highest BCUT2D eigenvalue weighted by Gasteiger charge is 2.21. The van der Waals surface area contributed by atoms with Crippen LogP contribution in [0.15, 0.2) is 48.5 Å². The van der Waals surface area contributed by atoms with E-state index in [0.717, 1.165) is 29.9 Å². The molecule has 1 saturated heterocycles. The van der Waals surface area contributed by atoms with Crippen LogP contribution in [-0.4, -0.2) is 49.6 Å². The maximum Gasteiger partial charge on any atom is 0.319 e. The zero-order valence-corrected chi connectivity index (χ0v) is 15.9. The van der Waals surface area contributed by atoms with E-state index in [9.17, 15) is 9.59 Å². The Bertz CT molecular complexity index is 779. The van der Waals surface area contributed by atoms with Crippen molar-refractivity contribution >= 4 is 23.3 Å². The first-order valence-electron chi connectivity index (χ1n) is 9.22. The minimum Gasteiger partial charge on any atom is -0.368 e. The van der Waals surface area contributed by atoms with Crippen LogP contribution < -0.4 is 15.5 Å². The number of hydrogen-bond donors (Lipinski definition) is 2. The van der Waals surface area contributed by atoms with Crippen molar-refractivity contribution in [3.05, 3.63) is 59.7 Å². The summed E-state index contributed by atoms with van der Waals surface area (Å²) in [5.41, 5.74) is 4.07. The Morgan fingerprint density at radius 2 is 1.56 bits per heavy atom. The van der Waals surface area contributed by atoms with Crippen LogP contribution in [0.25, 0.3) is 0 Å². The SMILES string of the molecule is Cc1cc(C)cc(NC(=O)NCC(=O)N2CCN(c3ccccc3)CC2)c1. The van der Waals surface area contributed by atoms with Crippen molar-refractivity contribution in [3.8, 4) is 0 Å². The third-order valence-corrected chi connectivity index (χ3v) is 4.63. The van der Waals surface area contributed by atoms with Gasteiger partial charge in [-0.2, -0.15) is 0 Å². The fraction of sp³-hybridized carbons (Fsp3) is 0.333. The summed E-state index contributed by atoms with van der Waals surface area (Å²) in [6.45, 7) is 6.88. The molecule has 3 rings (SSSR count). The standard InChI is InChI=1S/C21H26N4O2/c1-16-12-17(2)14-18(13-16)23-21(27)22-15-20(26)25-10-8-24(9-11-25)19-6-4-3-5-7-19/h3-7,12-14H,8-11,15H2,1-2H3,(H2,22,23,27). The van der Waals surface area contributed by atoms with Crippen molar-refractivity contribution in [3.63, 3.8) is 0 Å². The summed E-state index contributed by atoms with van der Waals surface area (Å²) in [6.07, 6.45) is 0. The van der Waals surface area contributed by atoms with Crippen molar-refractivity contribution in [2.24, 2.45) is 0 Å². The number of aryl methyl sites for hydroxylation is 2. The third-order valence-electron chi connectivity index (χ3n) is 4.63. The van der Waals surface area contributed by atoms with Gasteiger partial charge < -0.3 is 20.4 Å². The lowest BCUT2D eigenvalue weighted by atomic mass is 10.1. The van der Waals surface area contributed by atoms with E-state index in [1.165, 1.54) is 5.69 Å². The Balaban J connectivity index is 1.43. The minimum absolute atomic E-state index is 0.00195. The molecule has 0 atom stereocenters. The van der Waals surface area contributed by atoms with Crippen molar-refractivity contribution in [1.82, 2.24) is 10.2 Å². The van der Waals surface area contributed by atoms with Crippen LogP contribution >= 0.6 is 0 Å². The Morgan fingerprint density at radius 1 is 0.926 bits per heavy atom. The second-order valence-electron chi connectivity index (χ2n) is 6.89. The summed E-state index contributed by atoms with van der Waals surface area (Å²) < 4.78 is 0. The number of nitrogens with zero attached hydrogens (tertiary/aromatic N) is 2. The van der Waals surface area contributed by atoms with Gasteiger partial charge in [0.15, 0.2) is 0 Å². The summed E-state index contributed by atoms with van der Waals surface area (Å²) in [6, 6.07) is 15.7. The van der Waals surface area contributed by atoms with Gasteiger partial charge in [-0.1, -0.05) is 24.3 Å². The Labute approximate surface area is 160 Å². The molecule has 142 valence electrons. The van der Waals surface area contributed by atoms with Crippen LogP contribution in [0.5, 0.6) is 0 Å². The number of benzene rings is 2. The summed E-state index contributed by atoms with van der Waals surface area (Å²) in [7, 11) is 0. The van der Waals surface area contributed by atoms with Gasteiger partial charge in [0.2, 0.25) is 5.91 Å². The van der Waals surface area contributed by atoms with Gasteiger partial charge in [0.05, 0.1) is 6.54 Å². The van der Waals surface area contributed by atoms with E-state index in [4.69, 9.17) is 0 Å². The molecule has 0 bridgehead atoms. The van der Waals surface area contributed by atoms with E-state index in [1.807, 2.05) is 50.2 Å². The lowest BCUT2D eigenvalue weighted by molar-refractivity contribution is -0.130. The average Bonchev–Trinajstić information content (AvgIpc) is 2.66. The minimum atomic E-state index is -0.365. The van der Waals surface area contributed by atoms with Crippen molar-refractivity contribution in [2.45, 2.75) is 13.8 Å². The average molecular weight is 366 g/mol. The van der Waals surface area contributed by atoms with Crippen LogP contribution in [0.1, 0.15) is 11.1 Å². The van der Waals surface area contributed by atoms with E-state index < -0.39 is 0 Å². The Hall–Kier alpha value is -3.02. The molecule has 1 heterocycles. The number of carbonyl (C=O) groups excluding carboxylic acids is 2. The van der Waals surface area contributed by atoms with E-state index in [2.05, 4.69) is 27.7 Å². The Kier molecular flexibility index (Phi) is 5.96. The number of rotatable bonds is 4. The number of para-hydroxylation sites is 1. The first-order chi connectivity index (χ1) is 13.0. The van der Waals surface area contributed by atoms with Gasteiger partial charge in [-0.05, 0) is 49.2 Å². The van der Waals surface area contributed by atoms with Crippen molar-refractivity contribution < 1.29 is 9.59 Å². The molecule has 1 aliphatic heterocycles. The highest BCUT2D eigenvalue weighted by Crippen LogP contribution is 2.16. The molecule has 3 amide bonds. The van der Waals surface area contributed by atoms with Crippen molar-refractivity contribution in [1.29, 1.82) is 0 Å². The van der Waals surface area contributed by atoms with Gasteiger partial charge in [0.25, 0.3) is 0 Å². The number of carbonyl (C=O) groups is 2. The molecule has 2 N–H and O–H groups in total. The molecule has 27 heavy (non-hydrogen) atoms. The first kappa shape index (κ1) is 18.8. The van der Waals surface area contributed by atoms with Crippen LogP contribution in [0.3, 0.4) is 0 Å². The van der Waals surface area contributed by atoms with E-state index in [-0.39, 0.29) is 18.5 Å². The second kappa shape index (κ2) is 8.58. The maximum absolute atomic E-state index is 12.4. The molecule has 2 aromatic carbocycles. The molecule has 6 heteroatoms. The van der Waals surface area contributed by atoms with Crippen molar-refractivity contribution in [2.75, 3.05) is 42.9 Å². The number of urea groups is 1. The van der Waals surface area contributed by atoms with Gasteiger partial charge >= 0.3 is 6.03 Å². The zero-order chi connectivity index (χ0) is 19.2. The van der Waals surface area contributed by atoms with Gasteiger partial charge in [-0.15, -0.1) is 0 Å².